The van der Waals surface area contributed by atoms with Crippen LogP contribution >= 0.6 is 0 Å². The molecule has 0 unspecified atom stereocenters. The van der Waals surface area contributed by atoms with Crippen LogP contribution in [0.2, 0.25) is 0 Å². The van der Waals surface area contributed by atoms with Crippen molar-refractivity contribution in [3.8, 4) is 0 Å². The van der Waals surface area contributed by atoms with Gasteiger partial charge in [-0.1, -0.05) is 31.2 Å². The molecule has 3 aromatic rings. The van der Waals surface area contributed by atoms with Crippen molar-refractivity contribution < 1.29 is 13.2 Å². The van der Waals surface area contributed by atoms with Gasteiger partial charge in [0, 0.05) is 43.2 Å². The third-order valence-electron chi connectivity index (χ3n) is 7.41. The second kappa shape index (κ2) is 9.55. The Labute approximate surface area is 202 Å². The quantitative estimate of drug-likeness (QED) is 0.560. The van der Waals surface area contributed by atoms with E-state index < -0.39 is 10.0 Å². The van der Waals surface area contributed by atoms with Crippen molar-refractivity contribution in [2.75, 3.05) is 13.1 Å². The van der Waals surface area contributed by atoms with Crippen LogP contribution in [0.4, 0.5) is 0 Å². The number of fused-ring (bicyclic) bond motifs is 2. The van der Waals surface area contributed by atoms with Crippen molar-refractivity contribution in [2.24, 2.45) is 5.92 Å². The van der Waals surface area contributed by atoms with Crippen molar-refractivity contribution in [3.63, 3.8) is 0 Å². The molecular formula is C27H33N3O3S. The Hall–Kier alpha value is -2.64. The fourth-order valence-corrected chi connectivity index (χ4v) is 6.81. The van der Waals surface area contributed by atoms with E-state index >= 15 is 0 Å². The number of nitrogens with zero attached hydrogens (tertiary/aromatic N) is 2. The predicted molar refractivity (Wildman–Crippen MR) is 134 cm³/mol. The second-order valence-electron chi connectivity index (χ2n) is 9.78. The van der Waals surface area contributed by atoms with E-state index in [0.717, 1.165) is 43.0 Å². The van der Waals surface area contributed by atoms with Gasteiger partial charge >= 0.3 is 0 Å². The lowest BCUT2D eigenvalue weighted by molar-refractivity contribution is -0.122. The highest BCUT2D eigenvalue weighted by Gasteiger charge is 2.28. The maximum Gasteiger partial charge on any atom is 0.243 e. The first kappa shape index (κ1) is 23.1. The van der Waals surface area contributed by atoms with Gasteiger partial charge in [0.05, 0.1) is 10.9 Å². The molecular weight excluding hydrogens is 446 g/mol. The van der Waals surface area contributed by atoms with Gasteiger partial charge in [-0.3, -0.25) is 4.79 Å². The first-order chi connectivity index (χ1) is 16.4. The summed E-state index contributed by atoms with van der Waals surface area (Å²) in [6.45, 7) is 3.90. The molecule has 5 rings (SSSR count). The monoisotopic (exact) mass is 479 g/mol. The van der Waals surface area contributed by atoms with E-state index in [2.05, 4.69) is 30.4 Å². The number of sulfonamides is 1. The van der Waals surface area contributed by atoms with Crippen molar-refractivity contribution in [1.29, 1.82) is 0 Å². The van der Waals surface area contributed by atoms with E-state index in [1.54, 1.807) is 16.4 Å². The summed E-state index contributed by atoms with van der Waals surface area (Å²) in [6, 6.07) is 15.7. The third kappa shape index (κ3) is 4.64. The minimum Gasteiger partial charge on any atom is -0.349 e. The zero-order valence-corrected chi connectivity index (χ0v) is 20.6. The molecule has 34 heavy (non-hydrogen) atoms. The van der Waals surface area contributed by atoms with Crippen molar-refractivity contribution in [1.82, 2.24) is 14.2 Å². The Kier molecular flexibility index (Phi) is 6.49. The van der Waals surface area contributed by atoms with Gasteiger partial charge in [0.2, 0.25) is 15.9 Å². The average Bonchev–Trinajstić information content (AvgIpc) is 3.25. The number of amides is 1. The largest absolute Gasteiger partial charge is 0.349 e. The van der Waals surface area contributed by atoms with E-state index in [9.17, 15) is 13.2 Å². The first-order valence-electron chi connectivity index (χ1n) is 12.4. The number of benzene rings is 2. The van der Waals surface area contributed by atoms with Crippen LogP contribution in [-0.4, -0.2) is 36.3 Å². The van der Waals surface area contributed by atoms with Crippen LogP contribution in [0.1, 0.15) is 56.2 Å². The Morgan fingerprint density at radius 1 is 1.06 bits per heavy atom. The number of hydrogen-bond acceptors (Lipinski definition) is 3. The van der Waals surface area contributed by atoms with E-state index in [4.69, 9.17) is 0 Å². The average molecular weight is 480 g/mol. The highest BCUT2D eigenvalue weighted by Crippen LogP contribution is 2.30. The first-order valence-corrected chi connectivity index (χ1v) is 13.8. The molecule has 1 aliphatic carbocycles. The maximum atomic E-state index is 13.1. The zero-order valence-electron chi connectivity index (χ0n) is 19.7. The predicted octanol–water partition coefficient (Wildman–Crippen LogP) is 4.65. The van der Waals surface area contributed by atoms with Crippen molar-refractivity contribution in [3.05, 3.63) is 65.9 Å². The number of hydrogen-bond donors (Lipinski definition) is 1. The van der Waals surface area contributed by atoms with E-state index in [-0.39, 0.29) is 11.9 Å². The maximum absolute atomic E-state index is 13.1. The minimum atomic E-state index is -3.47. The van der Waals surface area contributed by atoms with Crippen LogP contribution in [0.15, 0.2) is 59.6 Å². The minimum absolute atomic E-state index is 0.0436. The van der Waals surface area contributed by atoms with Crippen LogP contribution in [0.5, 0.6) is 0 Å². The molecule has 1 fully saturated rings. The fraction of sp³-hybridized carbons (Fsp3) is 0.444. The molecule has 2 heterocycles. The van der Waals surface area contributed by atoms with Crippen molar-refractivity contribution >= 4 is 26.8 Å². The second-order valence-corrected chi connectivity index (χ2v) is 11.7. The molecule has 2 aromatic carbocycles. The molecule has 1 N–H and O–H groups in total. The lowest BCUT2D eigenvalue weighted by Crippen LogP contribution is -2.37. The number of aryl methyl sites for hydroxylation is 2. The summed E-state index contributed by atoms with van der Waals surface area (Å²) in [7, 11) is -3.47. The summed E-state index contributed by atoms with van der Waals surface area (Å²) >= 11 is 0. The molecule has 1 aromatic heterocycles. The lowest BCUT2D eigenvalue weighted by Gasteiger charge is -2.29. The number of nitrogens with one attached hydrogen (secondary N) is 1. The topological polar surface area (TPSA) is 71.4 Å². The fourth-order valence-electron chi connectivity index (χ4n) is 5.30. The summed E-state index contributed by atoms with van der Waals surface area (Å²) in [6.07, 6.45) is 7.28. The molecule has 0 spiro atoms. The smallest absolute Gasteiger partial charge is 0.243 e. The molecule has 0 bridgehead atoms. The summed E-state index contributed by atoms with van der Waals surface area (Å²) in [5.41, 5.74) is 3.52. The molecule has 1 atom stereocenters. The number of carbonyl (C=O) groups excluding carboxylic acids is 1. The summed E-state index contributed by atoms with van der Waals surface area (Å²) in [4.78, 5) is 13.1. The SMILES string of the molecule is CC1CCN(S(=O)(=O)c2ccc3c(ccn3CCC(=O)N[C@H]3CCCc4ccccc43)c2)CC1. The third-order valence-corrected chi connectivity index (χ3v) is 9.30. The Morgan fingerprint density at radius 2 is 1.85 bits per heavy atom. The molecule has 7 heteroatoms. The van der Waals surface area contributed by atoms with Crippen LogP contribution in [-0.2, 0) is 27.8 Å². The highest BCUT2D eigenvalue weighted by atomic mass is 32.2. The normalized spacial score (nSPS) is 19.7. The number of piperidine rings is 1. The molecule has 0 radical (unpaired) electrons. The van der Waals surface area contributed by atoms with Gasteiger partial charge in [-0.15, -0.1) is 0 Å². The molecule has 2 aliphatic rings. The van der Waals surface area contributed by atoms with E-state index in [1.807, 2.05) is 29.0 Å². The zero-order chi connectivity index (χ0) is 23.7. The molecule has 1 saturated heterocycles. The molecule has 180 valence electrons. The number of aromatic nitrogens is 1. The van der Waals surface area contributed by atoms with Crippen molar-refractivity contribution in [2.45, 2.75) is 62.9 Å². The summed E-state index contributed by atoms with van der Waals surface area (Å²) in [5.74, 6) is 0.620. The van der Waals surface area contributed by atoms with Gasteiger partial charge in [-0.25, -0.2) is 8.42 Å². The van der Waals surface area contributed by atoms with Crippen LogP contribution < -0.4 is 5.32 Å². The number of carbonyl (C=O) groups is 1. The molecule has 1 amide bonds. The Morgan fingerprint density at radius 3 is 2.68 bits per heavy atom. The molecule has 1 aliphatic heterocycles. The van der Waals surface area contributed by atoms with E-state index in [0.29, 0.717) is 36.9 Å². The summed E-state index contributed by atoms with van der Waals surface area (Å²) < 4.78 is 29.8. The number of rotatable bonds is 6. The summed E-state index contributed by atoms with van der Waals surface area (Å²) in [5, 5.41) is 4.10. The Bertz CT molecular complexity index is 1290. The van der Waals surface area contributed by atoms with Gasteiger partial charge < -0.3 is 9.88 Å². The van der Waals surface area contributed by atoms with Crippen LogP contribution in [0.3, 0.4) is 0 Å². The van der Waals surface area contributed by atoms with Gasteiger partial charge in [0.1, 0.15) is 0 Å². The molecule has 0 saturated carbocycles. The van der Waals surface area contributed by atoms with Crippen LogP contribution in [0.25, 0.3) is 10.9 Å². The Balaban J connectivity index is 1.24. The molecule has 6 nitrogen and oxygen atoms in total. The van der Waals surface area contributed by atoms with Gasteiger partial charge in [-0.05, 0) is 73.4 Å². The van der Waals surface area contributed by atoms with Crippen LogP contribution in [0, 0.1) is 5.92 Å². The van der Waals surface area contributed by atoms with Gasteiger partial charge in [-0.2, -0.15) is 4.31 Å². The lowest BCUT2D eigenvalue weighted by atomic mass is 9.88. The highest BCUT2D eigenvalue weighted by molar-refractivity contribution is 7.89. The van der Waals surface area contributed by atoms with E-state index in [1.165, 1.54) is 11.1 Å². The van der Waals surface area contributed by atoms with Gasteiger partial charge in [0.15, 0.2) is 0 Å². The van der Waals surface area contributed by atoms with Gasteiger partial charge in [0.25, 0.3) is 0 Å². The standard InChI is InChI=1S/C27H33N3O3S/c1-20-11-17-30(18-12-20)34(32,33)23-9-10-26-22(19-23)13-15-29(26)16-14-27(31)28-25-8-4-6-21-5-2-3-7-24(21)25/h2-3,5,7,9-10,13,15,19-20,25H,4,6,8,11-12,14,16-18H2,1H3,(H,28,31)/t25-/m0/s1.